The smallest absolute Gasteiger partial charge is 0.344 e. The van der Waals surface area contributed by atoms with E-state index < -0.39 is 11.7 Å². The first-order chi connectivity index (χ1) is 10.4. The van der Waals surface area contributed by atoms with Crippen LogP contribution in [0.5, 0.6) is 5.75 Å². The van der Waals surface area contributed by atoms with Crippen LogP contribution in [0.15, 0.2) is 33.5 Å². The summed E-state index contributed by atoms with van der Waals surface area (Å²) in [6.45, 7) is 8.39. The molecule has 4 nitrogen and oxygen atoms in total. The maximum Gasteiger partial charge on any atom is 0.344 e. The SMILES string of the molecule is COC1Oc2c(c(=O)oc3ccccc23)C1(C(C)C)C(C)C. The number of hydrogen-bond donors (Lipinski definition) is 0. The number of para-hydroxylation sites is 1. The molecule has 4 heteroatoms. The lowest BCUT2D eigenvalue weighted by atomic mass is 9.65. The quantitative estimate of drug-likeness (QED) is 0.811. The van der Waals surface area contributed by atoms with Crippen LogP contribution in [-0.4, -0.2) is 13.4 Å². The van der Waals surface area contributed by atoms with E-state index in [1.165, 1.54) is 0 Å². The summed E-state index contributed by atoms with van der Waals surface area (Å²) < 4.78 is 17.3. The zero-order valence-electron chi connectivity index (χ0n) is 13.7. The number of hydrogen-bond acceptors (Lipinski definition) is 4. The Labute approximate surface area is 130 Å². The summed E-state index contributed by atoms with van der Waals surface area (Å²) in [4.78, 5) is 12.7. The van der Waals surface area contributed by atoms with E-state index in [1.807, 2.05) is 18.2 Å². The van der Waals surface area contributed by atoms with Crippen molar-refractivity contribution in [3.63, 3.8) is 0 Å². The van der Waals surface area contributed by atoms with E-state index in [0.717, 1.165) is 5.39 Å². The number of rotatable bonds is 3. The fraction of sp³-hybridized carbons (Fsp3) is 0.500. The van der Waals surface area contributed by atoms with Crippen LogP contribution in [-0.2, 0) is 10.2 Å². The maximum absolute atomic E-state index is 12.7. The van der Waals surface area contributed by atoms with Gasteiger partial charge in [-0.05, 0) is 24.0 Å². The monoisotopic (exact) mass is 302 g/mol. The van der Waals surface area contributed by atoms with Gasteiger partial charge in [-0.1, -0.05) is 39.8 Å². The van der Waals surface area contributed by atoms with Gasteiger partial charge in [0, 0.05) is 7.11 Å². The Morgan fingerprint density at radius 1 is 1.14 bits per heavy atom. The minimum atomic E-state index is -0.519. The summed E-state index contributed by atoms with van der Waals surface area (Å²) in [5, 5.41) is 0.822. The third-order valence-electron chi connectivity index (χ3n) is 4.94. The van der Waals surface area contributed by atoms with E-state index in [0.29, 0.717) is 16.9 Å². The van der Waals surface area contributed by atoms with Gasteiger partial charge in [0.25, 0.3) is 0 Å². The Bertz CT molecular complexity index is 749. The van der Waals surface area contributed by atoms with Crippen molar-refractivity contribution in [3.05, 3.63) is 40.2 Å². The van der Waals surface area contributed by atoms with Crippen molar-refractivity contribution in [3.8, 4) is 5.75 Å². The summed E-state index contributed by atoms with van der Waals surface area (Å²) in [7, 11) is 1.62. The molecule has 22 heavy (non-hydrogen) atoms. The van der Waals surface area contributed by atoms with Gasteiger partial charge in [-0.15, -0.1) is 0 Å². The van der Waals surface area contributed by atoms with Gasteiger partial charge in [0.05, 0.1) is 16.4 Å². The average molecular weight is 302 g/mol. The molecule has 0 spiro atoms. The van der Waals surface area contributed by atoms with Crippen molar-refractivity contribution in [2.75, 3.05) is 7.11 Å². The molecule has 2 aromatic rings. The Morgan fingerprint density at radius 2 is 1.77 bits per heavy atom. The molecule has 0 bridgehead atoms. The molecule has 1 aliphatic rings. The molecule has 2 heterocycles. The molecule has 1 aromatic carbocycles. The number of fused-ring (bicyclic) bond motifs is 3. The summed E-state index contributed by atoms with van der Waals surface area (Å²) in [5.41, 5.74) is 0.317. The van der Waals surface area contributed by atoms with Crippen molar-refractivity contribution >= 4 is 11.0 Å². The normalized spacial score (nSPS) is 19.7. The zero-order valence-corrected chi connectivity index (χ0v) is 13.7. The third kappa shape index (κ3) is 1.76. The highest BCUT2D eigenvalue weighted by molar-refractivity contribution is 5.85. The van der Waals surface area contributed by atoms with Crippen LogP contribution in [0.1, 0.15) is 33.3 Å². The highest BCUT2D eigenvalue weighted by Gasteiger charge is 2.56. The standard InChI is InChI=1S/C18H22O4/c1-10(2)18(11(3)4)14-15(22-17(18)20-5)12-8-6-7-9-13(12)21-16(14)19/h6-11,17H,1-5H3. The van der Waals surface area contributed by atoms with E-state index in [9.17, 15) is 4.79 Å². The lowest BCUT2D eigenvalue weighted by Gasteiger charge is -2.39. The Hall–Kier alpha value is -1.81. The van der Waals surface area contributed by atoms with Crippen LogP contribution in [0.2, 0.25) is 0 Å². The fourth-order valence-electron chi connectivity index (χ4n) is 3.97. The Morgan fingerprint density at radius 3 is 2.36 bits per heavy atom. The van der Waals surface area contributed by atoms with E-state index in [2.05, 4.69) is 27.7 Å². The molecule has 1 atom stereocenters. The van der Waals surface area contributed by atoms with Crippen molar-refractivity contribution in [1.82, 2.24) is 0 Å². The van der Waals surface area contributed by atoms with Gasteiger partial charge in [0.2, 0.25) is 6.29 Å². The van der Waals surface area contributed by atoms with Crippen molar-refractivity contribution in [2.24, 2.45) is 11.8 Å². The number of ether oxygens (including phenoxy) is 2. The van der Waals surface area contributed by atoms with Gasteiger partial charge in [0.1, 0.15) is 11.3 Å². The van der Waals surface area contributed by atoms with Crippen LogP contribution < -0.4 is 10.4 Å². The maximum atomic E-state index is 12.7. The Kier molecular flexibility index (Phi) is 3.52. The lowest BCUT2D eigenvalue weighted by Crippen LogP contribution is -2.49. The minimum absolute atomic E-state index is 0.169. The molecule has 1 aromatic heterocycles. The van der Waals surface area contributed by atoms with Crippen molar-refractivity contribution < 1.29 is 13.9 Å². The largest absolute Gasteiger partial charge is 0.463 e. The molecule has 0 fully saturated rings. The van der Waals surface area contributed by atoms with Gasteiger partial charge in [-0.2, -0.15) is 0 Å². The molecule has 0 saturated heterocycles. The first kappa shape index (κ1) is 15.1. The van der Waals surface area contributed by atoms with Crippen molar-refractivity contribution in [2.45, 2.75) is 39.4 Å². The highest BCUT2D eigenvalue weighted by atomic mass is 16.7. The van der Waals surface area contributed by atoms with Crippen LogP contribution in [0.25, 0.3) is 11.0 Å². The number of methoxy groups -OCH3 is 1. The van der Waals surface area contributed by atoms with Crippen LogP contribution in [0, 0.1) is 11.8 Å². The summed E-state index contributed by atoms with van der Waals surface area (Å²) in [6.07, 6.45) is -0.490. The van der Waals surface area contributed by atoms with Gasteiger partial charge in [0.15, 0.2) is 0 Å². The fourth-order valence-corrected chi connectivity index (χ4v) is 3.97. The molecule has 0 amide bonds. The highest BCUT2D eigenvalue weighted by Crippen LogP contribution is 2.52. The molecule has 118 valence electrons. The molecule has 0 N–H and O–H groups in total. The molecule has 1 unspecified atom stereocenters. The number of benzene rings is 1. The second-order valence-corrected chi connectivity index (χ2v) is 6.52. The van der Waals surface area contributed by atoms with Crippen LogP contribution in [0.4, 0.5) is 0 Å². The van der Waals surface area contributed by atoms with Gasteiger partial charge in [-0.25, -0.2) is 4.79 Å². The van der Waals surface area contributed by atoms with Gasteiger partial charge < -0.3 is 13.9 Å². The predicted molar refractivity (Wildman–Crippen MR) is 85.3 cm³/mol. The third-order valence-corrected chi connectivity index (χ3v) is 4.94. The Balaban J connectivity index is 2.42. The van der Waals surface area contributed by atoms with Gasteiger partial charge >= 0.3 is 5.63 Å². The van der Waals surface area contributed by atoms with Crippen molar-refractivity contribution in [1.29, 1.82) is 0 Å². The second kappa shape index (κ2) is 5.13. The topological polar surface area (TPSA) is 48.7 Å². The van der Waals surface area contributed by atoms with E-state index >= 15 is 0 Å². The van der Waals surface area contributed by atoms with Gasteiger partial charge in [-0.3, -0.25) is 0 Å². The first-order valence-electron chi connectivity index (χ1n) is 7.70. The molecule has 3 rings (SSSR count). The summed E-state index contributed by atoms with van der Waals surface area (Å²) >= 11 is 0. The molecular formula is C18H22O4. The van der Waals surface area contributed by atoms with Crippen LogP contribution in [0.3, 0.4) is 0 Å². The molecular weight excluding hydrogens is 280 g/mol. The van der Waals surface area contributed by atoms with E-state index in [-0.39, 0.29) is 17.5 Å². The van der Waals surface area contributed by atoms with E-state index in [1.54, 1.807) is 13.2 Å². The molecule has 0 aliphatic carbocycles. The second-order valence-electron chi connectivity index (χ2n) is 6.52. The summed E-state index contributed by atoms with van der Waals surface area (Å²) in [6, 6.07) is 7.46. The van der Waals surface area contributed by atoms with E-state index in [4.69, 9.17) is 13.9 Å². The summed E-state index contributed by atoms with van der Waals surface area (Å²) in [5.74, 6) is 0.951. The minimum Gasteiger partial charge on any atom is -0.463 e. The first-order valence-corrected chi connectivity index (χ1v) is 7.70. The zero-order chi connectivity index (χ0) is 16.1. The van der Waals surface area contributed by atoms with Crippen LogP contribution >= 0.6 is 0 Å². The molecule has 0 saturated carbocycles. The molecule has 0 radical (unpaired) electrons. The molecule has 1 aliphatic heterocycles. The predicted octanol–water partition coefficient (Wildman–Crippen LogP) is 3.71. The lowest BCUT2D eigenvalue weighted by molar-refractivity contribution is -0.115. The average Bonchev–Trinajstić information content (AvgIpc) is 2.84.